The Balaban J connectivity index is 1.87. The SMILES string of the molecule is Cn1ccnc1C(=O)ON1C(=O)c2ccccc2C1=O. The largest absolute Gasteiger partial charge is 0.399 e. The number of amides is 2. The van der Waals surface area contributed by atoms with Crippen molar-refractivity contribution >= 4 is 17.8 Å². The van der Waals surface area contributed by atoms with Gasteiger partial charge in [-0.1, -0.05) is 17.2 Å². The lowest BCUT2D eigenvalue weighted by molar-refractivity contribution is -0.0595. The maximum absolute atomic E-state index is 12.0. The van der Waals surface area contributed by atoms with Crippen molar-refractivity contribution in [1.29, 1.82) is 0 Å². The number of imide groups is 1. The van der Waals surface area contributed by atoms with E-state index in [-0.39, 0.29) is 17.0 Å². The zero-order valence-electron chi connectivity index (χ0n) is 10.4. The number of fused-ring (bicyclic) bond motifs is 1. The van der Waals surface area contributed by atoms with E-state index >= 15 is 0 Å². The number of hydroxylamine groups is 2. The van der Waals surface area contributed by atoms with E-state index in [1.807, 2.05) is 0 Å². The van der Waals surface area contributed by atoms with E-state index in [1.165, 1.54) is 22.9 Å². The molecular formula is C13H9N3O4. The predicted octanol–water partition coefficient (Wildman–Crippen LogP) is 0.788. The fourth-order valence-electron chi connectivity index (χ4n) is 1.94. The summed E-state index contributed by atoms with van der Waals surface area (Å²) >= 11 is 0. The number of hydrogen-bond donors (Lipinski definition) is 0. The molecule has 1 aromatic carbocycles. The average molecular weight is 271 g/mol. The van der Waals surface area contributed by atoms with Crippen LogP contribution in [-0.4, -0.2) is 32.4 Å². The molecule has 1 aliphatic rings. The maximum atomic E-state index is 12.0. The van der Waals surface area contributed by atoms with Gasteiger partial charge in [0.05, 0.1) is 11.1 Å². The van der Waals surface area contributed by atoms with Gasteiger partial charge in [-0.3, -0.25) is 9.59 Å². The molecule has 7 heteroatoms. The second-order valence-electron chi connectivity index (χ2n) is 4.19. The number of aromatic nitrogens is 2. The maximum Gasteiger partial charge on any atom is 0.399 e. The third-order valence-electron chi connectivity index (χ3n) is 2.93. The summed E-state index contributed by atoms with van der Waals surface area (Å²) < 4.78 is 1.43. The molecule has 0 atom stereocenters. The summed E-state index contributed by atoms with van der Waals surface area (Å²) in [6.07, 6.45) is 2.97. The standard InChI is InChI=1S/C13H9N3O4/c1-15-7-6-14-10(15)13(19)20-16-11(17)8-4-2-3-5-9(8)12(16)18/h2-7H,1H3. The molecule has 0 aliphatic carbocycles. The van der Waals surface area contributed by atoms with Crippen LogP contribution in [0, 0.1) is 0 Å². The Labute approximate surface area is 113 Å². The molecule has 0 radical (unpaired) electrons. The molecular weight excluding hydrogens is 262 g/mol. The molecule has 0 saturated heterocycles. The van der Waals surface area contributed by atoms with Gasteiger partial charge in [0.1, 0.15) is 0 Å². The van der Waals surface area contributed by atoms with Crippen molar-refractivity contribution in [2.75, 3.05) is 0 Å². The summed E-state index contributed by atoms with van der Waals surface area (Å²) in [4.78, 5) is 44.5. The highest BCUT2D eigenvalue weighted by Gasteiger charge is 2.39. The highest BCUT2D eigenvalue weighted by molar-refractivity contribution is 6.21. The van der Waals surface area contributed by atoms with Crippen LogP contribution in [0.15, 0.2) is 36.7 Å². The van der Waals surface area contributed by atoms with Crippen LogP contribution in [0.4, 0.5) is 0 Å². The monoisotopic (exact) mass is 271 g/mol. The smallest absolute Gasteiger partial charge is 0.328 e. The molecule has 0 N–H and O–H groups in total. The van der Waals surface area contributed by atoms with E-state index in [1.54, 1.807) is 25.4 Å². The molecule has 20 heavy (non-hydrogen) atoms. The van der Waals surface area contributed by atoms with Gasteiger partial charge in [-0.05, 0) is 12.1 Å². The normalized spacial score (nSPS) is 13.6. The lowest BCUT2D eigenvalue weighted by Crippen LogP contribution is -2.33. The average Bonchev–Trinajstić information content (AvgIpc) is 2.97. The van der Waals surface area contributed by atoms with Gasteiger partial charge in [-0.2, -0.15) is 0 Å². The first-order chi connectivity index (χ1) is 9.59. The zero-order valence-corrected chi connectivity index (χ0v) is 10.4. The van der Waals surface area contributed by atoms with Crippen molar-refractivity contribution in [1.82, 2.24) is 14.6 Å². The first-order valence-electron chi connectivity index (χ1n) is 5.77. The van der Waals surface area contributed by atoms with Crippen LogP contribution >= 0.6 is 0 Å². The van der Waals surface area contributed by atoms with Crippen molar-refractivity contribution < 1.29 is 19.2 Å². The second-order valence-corrected chi connectivity index (χ2v) is 4.19. The van der Waals surface area contributed by atoms with Crippen LogP contribution in [0.25, 0.3) is 0 Å². The molecule has 2 heterocycles. The minimum atomic E-state index is -0.869. The molecule has 0 unspecified atom stereocenters. The Morgan fingerprint density at radius 2 is 1.75 bits per heavy atom. The van der Waals surface area contributed by atoms with E-state index in [0.717, 1.165) is 0 Å². The quantitative estimate of drug-likeness (QED) is 0.754. The molecule has 7 nitrogen and oxygen atoms in total. The van der Waals surface area contributed by atoms with Crippen molar-refractivity contribution in [3.8, 4) is 0 Å². The number of imidazole rings is 1. The molecule has 0 fully saturated rings. The molecule has 2 aromatic rings. The van der Waals surface area contributed by atoms with Gasteiger partial charge in [0.15, 0.2) is 0 Å². The van der Waals surface area contributed by atoms with E-state index in [4.69, 9.17) is 4.84 Å². The predicted molar refractivity (Wildman–Crippen MR) is 65.6 cm³/mol. The fraction of sp³-hybridized carbons (Fsp3) is 0.0769. The number of carbonyl (C=O) groups is 3. The molecule has 3 rings (SSSR count). The lowest BCUT2D eigenvalue weighted by Gasteiger charge is -2.12. The molecule has 1 aliphatic heterocycles. The van der Waals surface area contributed by atoms with E-state index in [0.29, 0.717) is 5.06 Å². The van der Waals surface area contributed by atoms with Crippen molar-refractivity contribution in [3.63, 3.8) is 0 Å². The fourth-order valence-corrected chi connectivity index (χ4v) is 1.94. The van der Waals surface area contributed by atoms with Gasteiger partial charge in [0.25, 0.3) is 11.8 Å². The van der Waals surface area contributed by atoms with Crippen LogP contribution in [-0.2, 0) is 11.9 Å². The topological polar surface area (TPSA) is 81.5 Å². The van der Waals surface area contributed by atoms with Gasteiger partial charge >= 0.3 is 5.97 Å². The molecule has 1 aromatic heterocycles. The van der Waals surface area contributed by atoms with Gasteiger partial charge in [-0.25, -0.2) is 9.78 Å². The van der Waals surface area contributed by atoms with Gasteiger partial charge in [0, 0.05) is 19.4 Å². The highest BCUT2D eigenvalue weighted by Crippen LogP contribution is 2.23. The Hall–Kier alpha value is -2.96. The van der Waals surface area contributed by atoms with Crippen molar-refractivity contribution in [2.24, 2.45) is 7.05 Å². The Bertz CT molecular complexity index is 700. The zero-order chi connectivity index (χ0) is 14.3. The van der Waals surface area contributed by atoms with Crippen LogP contribution in [0.2, 0.25) is 0 Å². The van der Waals surface area contributed by atoms with Gasteiger partial charge in [-0.15, -0.1) is 0 Å². The number of carbonyl (C=O) groups excluding carboxylic acids is 3. The molecule has 0 saturated carbocycles. The summed E-state index contributed by atoms with van der Waals surface area (Å²) in [5, 5.41) is 0.460. The summed E-state index contributed by atoms with van der Waals surface area (Å²) in [7, 11) is 1.60. The van der Waals surface area contributed by atoms with E-state index in [9.17, 15) is 14.4 Å². The summed E-state index contributed by atoms with van der Waals surface area (Å²) in [5.41, 5.74) is 0.426. The van der Waals surface area contributed by atoms with Crippen LogP contribution in [0.3, 0.4) is 0 Å². The second kappa shape index (κ2) is 4.30. The lowest BCUT2D eigenvalue weighted by atomic mass is 10.1. The van der Waals surface area contributed by atoms with Gasteiger partial charge in [0.2, 0.25) is 5.82 Å². The third kappa shape index (κ3) is 1.68. The number of rotatable bonds is 2. The Morgan fingerprint density at radius 1 is 1.15 bits per heavy atom. The van der Waals surface area contributed by atoms with Crippen LogP contribution in [0.1, 0.15) is 31.3 Å². The molecule has 0 spiro atoms. The highest BCUT2D eigenvalue weighted by atomic mass is 16.7. The Morgan fingerprint density at radius 3 is 2.25 bits per heavy atom. The summed E-state index contributed by atoms with van der Waals surface area (Å²) in [5.74, 6) is -2.19. The molecule has 2 amide bonds. The van der Waals surface area contributed by atoms with Crippen molar-refractivity contribution in [3.05, 3.63) is 53.6 Å². The summed E-state index contributed by atoms with van der Waals surface area (Å²) in [6, 6.07) is 6.27. The van der Waals surface area contributed by atoms with Crippen LogP contribution in [0.5, 0.6) is 0 Å². The van der Waals surface area contributed by atoms with Crippen LogP contribution < -0.4 is 0 Å². The van der Waals surface area contributed by atoms with E-state index in [2.05, 4.69) is 4.98 Å². The first kappa shape index (κ1) is 12.1. The minimum Gasteiger partial charge on any atom is -0.328 e. The molecule has 100 valence electrons. The van der Waals surface area contributed by atoms with Crippen molar-refractivity contribution in [2.45, 2.75) is 0 Å². The Kier molecular flexibility index (Phi) is 2.60. The number of hydrogen-bond acceptors (Lipinski definition) is 5. The summed E-state index contributed by atoms with van der Waals surface area (Å²) in [6.45, 7) is 0. The molecule has 0 bridgehead atoms. The minimum absolute atomic E-state index is 0.00144. The van der Waals surface area contributed by atoms with E-state index < -0.39 is 17.8 Å². The van der Waals surface area contributed by atoms with Gasteiger partial charge < -0.3 is 9.40 Å². The third-order valence-corrected chi connectivity index (χ3v) is 2.93. The number of aryl methyl sites for hydroxylation is 1. The number of benzene rings is 1. The first-order valence-corrected chi connectivity index (χ1v) is 5.77. The number of nitrogens with zero attached hydrogens (tertiary/aromatic N) is 3.